The van der Waals surface area contributed by atoms with Crippen molar-refractivity contribution < 1.29 is 27.6 Å². The van der Waals surface area contributed by atoms with Crippen molar-refractivity contribution in [2.45, 2.75) is 19.0 Å². The Morgan fingerprint density at radius 2 is 1.92 bits per heavy atom. The highest BCUT2D eigenvalue weighted by Gasteiger charge is 2.43. The molecule has 0 spiro atoms. The van der Waals surface area contributed by atoms with Crippen molar-refractivity contribution >= 4 is 40.0 Å². The zero-order chi connectivity index (χ0) is 25.7. The number of terminal acetylenes is 1. The molecule has 36 heavy (non-hydrogen) atoms. The van der Waals surface area contributed by atoms with Gasteiger partial charge in [0.2, 0.25) is 0 Å². The second kappa shape index (κ2) is 10.5. The zero-order valence-electron chi connectivity index (χ0n) is 18.8. The maximum absolute atomic E-state index is 13.0. The lowest BCUT2D eigenvalue weighted by Crippen LogP contribution is -2.38. The van der Waals surface area contributed by atoms with E-state index >= 15 is 0 Å². The van der Waals surface area contributed by atoms with Gasteiger partial charge >= 0.3 is 12.1 Å². The molecule has 184 valence electrons. The van der Waals surface area contributed by atoms with Crippen LogP contribution >= 0.6 is 0 Å². The average molecular weight is 495 g/mol. The van der Waals surface area contributed by atoms with Gasteiger partial charge in [0.25, 0.3) is 5.91 Å². The molecule has 1 amide bonds. The molecule has 1 saturated heterocycles. The van der Waals surface area contributed by atoms with Gasteiger partial charge in [0, 0.05) is 22.7 Å². The second-order valence-corrected chi connectivity index (χ2v) is 7.84. The highest BCUT2D eigenvalue weighted by molar-refractivity contribution is 6.04. The first kappa shape index (κ1) is 24.7. The summed E-state index contributed by atoms with van der Waals surface area (Å²) in [6.07, 6.45) is 3.75. The van der Waals surface area contributed by atoms with E-state index in [0.29, 0.717) is 59.0 Å². The van der Waals surface area contributed by atoms with Crippen LogP contribution in [0.2, 0.25) is 0 Å². The van der Waals surface area contributed by atoms with Gasteiger partial charge in [-0.05, 0) is 62.3 Å². The standard InChI is InChI=1S/C25H20F3N5O3/c1-2-16-4-3-5-18(12-16)32-23-20-14-19(6-7-21(20)30-15-31-23)33(36-24(35)25(26,27)28)22(34)13-17-8-10-29-11-9-17/h1,3-7,12-15,29H,8-11H2,(H,30,31,32). The van der Waals surface area contributed by atoms with E-state index in [1.807, 2.05) is 0 Å². The highest BCUT2D eigenvalue weighted by atomic mass is 19.4. The molecule has 1 fully saturated rings. The van der Waals surface area contributed by atoms with Crippen LogP contribution < -0.4 is 15.7 Å². The Kier molecular flexibility index (Phi) is 7.17. The largest absolute Gasteiger partial charge is 0.493 e. The quantitative estimate of drug-likeness (QED) is 0.321. The van der Waals surface area contributed by atoms with Gasteiger partial charge in [-0.25, -0.2) is 14.8 Å². The summed E-state index contributed by atoms with van der Waals surface area (Å²) in [6.45, 7) is 1.26. The van der Waals surface area contributed by atoms with E-state index in [9.17, 15) is 22.8 Å². The van der Waals surface area contributed by atoms with E-state index < -0.39 is 18.1 Å². The third-order valence-electron chi connectivity index (χ3n) is 5.32. The molecular weight excluding hydrogens is 475 g/mol. The van der Waals surface area contributed by atoms with E-state index in [1.54, 1.807) is 24.3 Å². The van der Waals surface area contributed by atoms with Crippen LogP contribution in [0.1, 0.15) is 18.4 Å². The number of benzene rings is 2. The molecule has 0 unspecified atom stereocenters. The van der Waals surface area contributed by atoms with Crippen molar-refractivity contribution in [3.8, 4) is 12.3 Å². The van der Waals surface area contributed by atoms with Crippen LogP contribution in [0.25, 0.3) is 10.9 Å². The van der Waals surface area contributed by atoms with Crippen LogP contribution in [0.5, 0.6) is 0 Å². The molecule has 0 atom stereocenters. The fraction of sp³-hybridized carbons (Fsp3) is 0.200. The van der Waals surface area contributed by atoms with Crippen LogP contribution in [-0.2, 0) is 14.4 Å². The minimum atomic E-state index is -5.30. The van der Waals surface area contributed by atoms with E-state index in [1.165, 1.54) is 30.6 Å². The van der Waals surface area contributed by atoms with Gasteiger partial charge in [-0.2, -0.15) is 13.2 Å². The predicted molar refractivity (Wildman–Crippen MR) is 127 cm³/mol. The molecule has 4 rings (SSSR count). The number of hydroxylamine groups is 1. The topological polar surface area (TPSA) is 96.4 Å². The van der Waals surface area contributed by atoms with Gasteiger partial charge < -0.3 is 15.5 Å². The fourth-order valence-electron chi connectivity index (χ4n) is 3.58. The number of nitrogens with zero attached hydrogens (tertiary/aromatic N) is 3. The molecule has 0 aliphatic carbocycles. The molecule has 1 aliphatic rings. The van der Waals surface area contributed by atoms with Crippen LogP contribution in [0.4, 0.5) is 30.4 Å². The zero-order valence-corrected chi connectivity index (χ0v) is 18.8. The summed E-state index contributed by atoms with van der Waals surface area (Å²) in [5, 5.41) is 6.92. The minimum absolute atomic E-state index is 0.105. The summed E-state index contributed by atoms with van der Waals surface area (Å²) in [6, 6.07) is 11.1. The van der Waals surface area contributed by atoms with Crippen molar-refractivity contribution in [2.75, 3.05) is 23.5 Å². The Morgan fingerprint density at radius 3 is 2.64 bits per heavy atom. The van der Waals surface area contributed by atoms with Gasteiger partial charge in [-0.1, -0.05) is 17.6 Å². The summed E-state index contributed by atoms with van der Waals surface area (Å²) in [4.78, 5) is 37.5. The first-order valence-corrected chi connectivity index (χ1v) is 10.9. The van der Waals surface area contributed by atoms with Gasteiger partial charge in [0.05, 0.1) is 11.2 Å². The minimum Gasteiger partial charge on any atom is -0.340 e. The lowest BCUT2D eigenvalue weighted by atomic mass is 10.1. The van der Waals surface area contributed by atoms with Crippen LogP contribution in [0, 0.1) is 12.3 Å². The number of anilines is 3. The molecule has 3 aromatic rings. The van der Waals surface area contributed by atoms with Crippen molar-refractivity contribution in [3.63, 3.8) is 0 Å². The number of aromatic nitrogens is 2. The molecular formula is C25H20F3N5O3. The molecule has 0 bridgehead atoms. The van der Waals surface area contributed by atoms with Gasteiger partial charge in [0.15, 0.2) is 0 Å². The number of alkyl halides is 3. The van der Waals surface area contributed by atoms with Crippen LogP contribution in [0.15, 0.2) is 60.4 Å². The molecule has 11 heteroatoms. The molecule has 2 aromatic carbocycles. The molecule has 0 radical (unpaired) electrons. The SMILES string of the molecule is C#Cc1cccc(Nc2ncnc3ccc(N(OC(=O)C(F)(F)F)C(=O)C=C4CCNCC4)cc23)c1. The number of piperidine rings is 1. The Morgan fingerprint density at radius 1 is 1.14 bits per heavy atom. The normalized spacial score (nSPS) is 13.6. The van der Waals surface area contributed by atoms with Crippen molar-refractivity contribution in [2.24, 2.45) is 0 Å². The van der Waals surface area contributed by atoms with Gasteiger partial charge in [-0.15, -0.1) is 11.5 Å². The number of hydrogen-bond acceptors (Lipinski definition) is 7. The smallest absolute Gasteiger partial charge is 0.340 e. The number of halogens is 3. The van der Waals surface area contributed by atoms with Crippen molar-refractivity contribution in [1.82, 2.24) is 15.3 Å². The molecule has 8 nitrogen and oxygen atoms in total. The Labute approximate surface area is 204 Å². The van der Waals surface area contributed by atoms with Crippen molar-refractivity contribution in [1.29, 1.82) is 0 Å². The number of nitrogens with one attached hydrogen (secondary N) is 2. The molecule has 1 aromatic heterocycles. The third kappa shape index (κ3) is 5.79. The predicted octanol–water partition coefficient (Wildman–Crippen LogP) is 4.02. The first-order valence-electron chi connectivity index (χ1n) is 10.9. The van der Waals surface area contributed by atoms with E-state index in [2.05, 4.69) is 31.4 Å². The number of rotatable bonds is 4. The monoisotopic (exact) mass is 495 g/mol. The lowest BCUT2D eigenvalue weighted by molar-refractivity contribution is -0.201. The van der Waals surface area contributed by atoms with Crippen molar-refractivity contribution in [3.05, 3.63) is 66.0 Å². The van der Waals surface area contributed by atoms with Gasteiger partial charge in [0.1, 0.15) is 12.1 Å². The molecule has 2 N–H and O–H groups in total. The summed E-state index contributed by atoms with van der Waals surface area (Å²) >= 11 is 0. The Balaban J connectivity index is 1.73. The lowest BCUT2D eigenvalue weighted by Gasteiger charge is -2.22. The maximum Gasteiger partial charge on any atom is 0.493 e. The van der Waals surface area contributed by atoms with Crippen LogP contribution in [-0.4, -0.2) is 41.1 Å². The van der Waals surface area contributed by atoms with E-state index in [-0.39, 0.29) is 5.69 Å². The average Bonchev–Trinajstić information content (AvgIpc) is 2.87. The van der Waals surface area contributed by atoms with E-state index in [4.69, 9.17) is 6.42 Å². The summed E-state index contributed by atoms with van der Waals surface area (Å²) in [7, 11) is 0. The summed E-state index contributed by atoms with van der Waals surface area (Å²) in [5.74, 6) is -0.608. The van der Waals surface area contributed by atoms with Gasteiger partial charge in [-0.3, -0.25) is 4.79 Å². The first-order chi connectivity index (χ1) is 17.2. The highest BCUT2D eigenvalue weighted by Crippen LogP contribution is 2.29. The molecule has 1 aliphatic heterocycles. The van der Waals surface area contributed by atoms with E-state index in [0.717, 1.165) is 5.57 Å². The summed E-state index contributed by atoms with van der Waals surface area (Å²) < 4.78 is 39.0. The number of hydrogen-bond donors (Lipinski definition) is 2. The second-order valence-electron chi connectivity index (χ2n) is 7.84. The molecule has 0 saturated carbocycles. The Hall–Kier alpha value is -4.43. The number of carbonyl (C=O) groups excluding carboxylic acids is 2. The summed E-state index contributed by atoms with van der Waals surface area (Å²) in [5.41, 5.74) is 2.30. The third-order valence-corrected chi connectivity index (χ3v) is 5.32. The fourth-order valence-corrected chi connectivity index (χ4v) is 3.58. The number of fused-ring (bicyclic) bond motifs is 1. The van der Waals surface area contributed by atoms with Crippen LogP contribution in [0.3, 0.4) is 0 Å². The number of amides is 1. The maximum atomic E-state index is 13.0. The number of carbonyl (C=O) groups is 2. The molecule has 2 heterocycles. The Bertz CT molecular complexity index is 1370.